The summed E-state index contributed by atoms with van der Waals surface area (Å²) >= 11 is 0. The van der Waals surface area contributed by atoms with Crippen LogP contribution in [0, 0.1) is 12.7 Å². The number of ether oxygens (including phenoxy) is 2. The quantitative estimate of drug-likeness (QED) is 0.637. The van der Waals surface area contributed by atoms with Crippen LogP contribution in [0.1, 0.15) is 33.3 Å². The number of hydrogen-bond donors (Lipinski definition) is 0. The van der Waals surface area contributed by atoms with E-state index in [0.717, 1.165) is 12.1 Å². The van der Waals surface area contributed by atoms with Gasteiger partial charge in [-0.05, 0) is 58.9 Å². The predicted molar refractivity (Wildman–Crippen MR) is 100 cm³/mol. The normalized spacial score (nSPS) is 11.4. The molecule has 0 spiro atoms. The lowest BCUT2D eigenvalue weighted by atomic mass is 10.2. The van der Waals surface area contributed by atoms with E-state index >= 15 is 0 Å². The van der Waals surface area contributed by atoms with Crippen molar-refractivity contribution in [3.63, 3.8) is 0 Å². The van der Waals surface area contributed by atoms with E-state index in [0.29, 0.717) is 35.9 Å². The largest absolute Gasteiger partial charge is 0.488 e. The van der Waals surface area contributed by atoms with Gasteiger partial charge in [-0.2, -0.15) is 0 Å². The number of rotatable bonds is 8. The Morgan fingerprint density at radius 3 is 2.16 bits per heavy atom. The molecule has 25 heavy (non-hydrogen) atoms. The van der Waals surface area contributed by atoms with Crippen molar-refractivity contribution in [2.75, 3.05) is 13.2 Å². The first-order valence-corrected chi connectivity index (χ1v) is 8.79. The molecule has 0 atom stereocenters. The molecule has 2 rings (SSSR count). The van der Waals surface area contributed by atoms with E-state index in [9.17, 15) is 4.39 Å². The minimum Gasteiger partial charge on any atom is -0.488 e. The highest BCUT2D eigenvalue weighted by Crippen LogP contribution is 2.32. The third kappa shape index (κ3) is 5.75. The van der Waals surface area contributed by atoms with E-state index in [2.05, 4.69) is 32.6 Å². The van der Waals surface area contributed by atoms with Crippen molar-refractivity contribution < 1.29 is 13.9 Å². The van der Waals surface area contributed by atoms with Gasteiger partial charge in [-0.3, -0.25) is 4.90 Å². The molecule has 3 nitrogen and oxygen atoms in total. The van der Waals surface area contributed by atoms with Gasteiger partial charge in [0.15, 0.2) is 11.5 Å². The molecule has 0 saturated heterocycles. The van der Waals surface area contributed by atoms with Crippen LogP contribution in [0.3, 0.4) is 0 Å². The second-order valence-electron chi connectivity index (χ2n) is 6.78. The van der Waals surface area contributed by atoms with E-state index in [1.165, 1.54) is 12.1 Å². The van der Waals surface area contributed by atoms with Crippen LogP contribution < -0.4 is 9.47 Å². The van der Waals surface area contributed by atoms with Gasteiger partial charge in [-0.25, -0.2) is 4.39 Å². The summed E-state index contributed by atoms with van der Waals surface area (Å²) in [5.41, 5.74) is 1.16. The van der Waals surface area contributed by atoms with Gasteiger partial charge in [0.05, 0.1) is 0 Å². The highest BCUT2D eigenvalue weighted by Gasteiger charge is 2.14. The van der Waals surface area contributed by atoms with Gasteiger partial charge in [-0.1, -0.05) is 17.7 Å². The molecular weight excluding hydrogens is 317 g/mol. The number of halogens is 1. The predicted octanol–water partition coefficient (Wildman–Crippen LogP) is 5.42. The van der Waals surface area contributed by atoms with Gasteiger partial charge in [-0.15, -0.1) is 0 Å². The van der Waals surface area contributed by atoms with Crippen molar-refractivity contribution in [3.05, 3.63) is 53.8 Å². The minimum absolute atomic E-state index is 0.337. The first kappa shape index (κ1) is 19.3. The monoisotopic (exact) mass is 345 g/mol. The summed E-state index contributed by atoms with van der Waals surface area (Å²) in [7, 11) is 0. The van der Waals surface area contributed by atoms with Crippen LogP contribution in [-0.2, 0) is 0 Å². The van der Waals surface area contributed by atoms with Gasteiger partial charge < -0.3 is 9.47 Å². The molecule has 0 saturated carbocycles. The second kappa shape index (κ2) is 8.86. The molecule has 0 aliphatic rings. The van der Waals surface area contributed by atoms with Crippen molar-refractivity contribution in [3.8, 4) is 17.2 Å². The molecule has 0 heterocycles. The van der Waals surface area contributed by atoms with Crippen molar-refractivity contribution >= 4 is 0 Å². The topological polar surface area (TPSA) is 21.7 Å². The molecule has 0 radical (unpaired) electrons. The fourth-order valence-electron chi connectivity index (χ4n) is 2.79. The summed E-state index contributed by atoms with van der Waals surface area (Å²) in [6.45, 7) is 11.9. The highest BCUT2D eigenvalue weighted by atomic mass is 19.1. The van der Waals surface area contributed by atoms with E-state index in [4.69, 9.17) is 9.47 Å². The lowest BCUT2D eigenvalue weighted by molar-refractivity contribution is 0.140. The van der Waals surface area contributed by atoms with Crippen LogP contribution in [0.25, 0.3) is 0 Å². The van der Waals surface area contributed by atoms with Crippen molar-refractivity contribution in [2.24, 2.45) is 0 Å². The molecule has 2 aromatic rings. The van der Waals surface area contributed by atoms with Crippen LogP contribution in [0.2, 0.25) is 0 Å². The molecule has 0 aliphatic heterocycles. The average Bonchev–Trinajstić information content (AvgIpc) is 2.55. The molecule has 0 unspecified atom stereocenters. The summed E-state index contributed by atoms with van der Waals surface area (Å²) in [6, 6.07) is 12.9. The third-order valence-corrected chi connectivity index (χ3v) is 4.09. The van der Waals surface area contributed by atoms with Crippen molar-refractivity contribution in [2.45, 2.75) is 46.7 Å². The maximum absolute atomic E-state index is 13.6. The lowest BCUT2D eigenvalue weighted by Gasteiger charge is -2.30. The molecule has 4 heteroatoms. The Labute approximate surface area is 150 Å². The minimum atomic E-state index is -0.337. The van der Waals surface area contributed by atoms with E-state index in [-0.39, 0.29) is 5.82 Å². The SMILES string of the molecule is Cc1ccc(Oc2ccc(F)cc2OCCN(C(C)C)C(C)C)cc1. The first-order chi connectivity index (χ1) is 11.9. The summed E-state index contributed by atoms with van der Waals surface area (Å²) in [5, 5.41) is 0. The smallest absolute Gasteiger partial charge is 0.169 e. The summed E-state index contributed by atoms with van der Waals surface area (Å²) in [5.74, 6) is 1.31. The summed E-state index contributed by atoms with van der Waals surface area (Å²) in [6.07, 6.45) is 0. The average molecular weight is 345 g/mol. The van der Waals surface area contributed by atoms with Crippen LogP contribution in [0.4, 0.5) is 4.39 Å². The number of aryl methyl sites for hydroxylation is 1. The van der Waals surface area contributed by atoms with Crippen molar-refractivity contribution in [1.29, 1.82) is 0 Å². The molecule has 0 amide bonds. The summed E-state index contributed by atoms with van der Waals surface area (Å²) < 4.78 is 25.3. The zero-order valence-electron chi connectivity index (χ0n) is 15.8. The van der Waals surface area contributed by atoms with Crippen LogP contribution >= 0.6 is 0 Å². The Morgan fingerprint density at radius 1 is 0.920 bits per heavy atom. The van der Waals surface area contributed by atoms with Gasteiger partial charge >= 0.3 is 0 Å². The van der Waals surface area contributed by atoms with Gasteiger partial charge in [0.1, 0.15) is 18.2 Å². The number of nitrogens with zero attached hydrogens (tertiary/aromatic N) is 1. The molecule has 136 valence electrons. The van der Waals surface area contributed by atoms with Crippen LogP contribution in [-0.4, -0.2) is 30.1 Å². The third-order valence-electron chi connectivity index (χ3n) is 4.09. The molecule has 0 N–H and O–H groups in total. The number of benzene rings is 2. The van der Waals surface area contributed by atoms with Gasteiger partial charge in [0, 0.05) is 24.7 Å². The zero-order valence-corrected chi connectivity index (χ0v) is 15.8. The Balaban J connectivity index is 2.06. The molecule has 0 bridgehead atoms. The maximum Gasteiger partial charge on any atom is 0.169 e. The standard InChI is InChI=1S/C21H28FNO2/c1-15(2)23(16(3)4)12-13-24-21-14-18(22)8-11-20(21)25-19-9-6-17(5)7-10-19/h6-11,14-16H,12-13H2,1-5H3. The maximum atomic E-state index is 13.6. The van der Waals surface area contributed by atoms with Crippen LogP contribution in [0.5, 0.6) is 17.2 Å². The fourth-order valence-corrected chi connectivity index (χ4v) is 2.79. The molecule has 0 aromatic heterocycles. The van der Waals surface area contributed by atoms with E-state index in [1.807, 2.05) is 31.2 Å². The fraction of sp³-hybridized carbons (Fsp3) is 0.429. The highest BCUT2D eigenvalue weighted by molar-refractivity contribution is 5.43. The molecule has 2 aromatic carbocycles. The number of hydrogen-bond acceptors (Lipinski definition) is 3. The van der Waals surface area contributed by atoms with E-state index < -0.39 is 0 Å². The molecular formula is C21H28FNO2. The van der Waals surface area contributed by atoms with Crippen molar-refractivity contribution in [1.82, 2.24) is 4.90 Å². The summed E-state index contributed by atoms with van der Waals surface area (Å²) in [4.78, 5) is 2.33. The second-order valence-corrected chi connectivity index (χ2v) is 6.78. The lowest BCUT2D eigenvalue weighted by Crippen LogP contribution is -2.39. The Morgan fingerprint density at radius 2 is 1.56 bits per heavy atom. The van der Waals surface area contributed by atoms with Gasteiger partial charge in [0.25, 0.3) is 0 Å². The Hall–Kier alpha value is -2.07. The zero-order chi connectivity index (χ0) is 18.4. The Kier molecular flexibility index (Phi) is 6.82. The molecule has 0 aliphatic carbocycles. The first-order valence-electron chi connectivity index (χ1n) is 8.79. The Bertz CT molecular complexity index is 660. The van der Waals surface area contributed by atoms with Gasteiger partial charge in [0.2, 0.25) is 0 Å². The van der Waals surface area contributed by atoms with E-state index in [1.54, 1.807) is 6.07 Å². The van der Waals surface area contributed by atoms with Crippen LogP contribution in [0.15, 0.2) is 42.5 Å². The molecule has 0 fully saturated rings.